The Hall–Kier alpha value is -3.91. The van der Waals surface area contributed by atoms with E-state index in [0.717, 1.165) is 22.4 Å². The Labute approximate surface area is 192 Å². The fraction of sp³-hybridized carbons (Fsp3) is 0.240. The maximum Gasteiger partial charge on any atom is 0.248 e. The molecule has 0 aliphatic heterocycles. The van der Waals surface area contributed by atoms with E-state index in [1.807, 2.05) is 50.2 Å². The molecule has 170 valence electrons. The molecule has 1 amide bonds. The minimum absolute atomic E-state index is 0.311. The molecule has 8 heteroatoms. The third-order valence-electron chi connectivity index (χ3n) is 5.16. The number of benzene rings is 2. The molecule has 2 heterocycles. The average Bonchev–Trinajstić information content (AvgIpc) is 3.15. The van der Waals surface area contributed by atoms with Crippen molar-refractivity contribution in [3.05, 3.63) is 71.4 Å². The molecular formula is C25H27N5O3. The number of primary amides is 1. The minimum atomic E-state index is -0.922. The van der Waals surface area contributed by atoms with Crippen LogP contribution in [0, 0.1) is 13.8 Å². The van der Waals surface area contributed by atoms with E-state index < -0.39 is 11.5 Å². The monoisotopic (exact) mass is 445 g/mol. The molecule has 2 aromatic heterocycles. The van der Waals surface area contributed by atoms with E-state index in [1.165, 1.54) is 0 Å². The number of carbonyl (C=O) groups is 1. The van der Waals surface area contributed by atoms with Crippen molar-refractivity contribution in [2.75, 3.05) is 11.9 Å². The zero-order valence-electron chi connectivity index (χ0n) is 19.1. The van der Waals surface area contributed by atoms with Crippen LogP contribution >= 0.6 is 0 Å². The van der Waals surface area contributed by atoms with Crippen LogP contribution in [0.25, 0.3) is 16.9 Å². The second-order valence-electron chi connectivity index (χ2n) is 8.75. The number of ether oxygens (including phenoxy) is 1. The van der Waals surface area contributed by atoms with Crippen LogP contribution < -0.4 is 15.8 Å². The predicted octanol–water partition coefficient (Wildman–Crippen LogP) is 4.09. The van der Waals surface area contributed by atoms with Gasteiger partial charge in [-0.05, 0) is 63.1 Å². The van der Waals surface area contributed by atoms with Crippen molar-refractivity contribution in [1.82, 2.24) is 14.6 Å². The Morgan fingerprint density at radius 1 is 1.18 bits per heavy atom. The molecule has 0 unspecified atom stereocenters. The Balaban J connectivity index is 1.82. The lowest BCUT2D eigenvalue weighted by atomic mass is 10.0. The number of aryl methyl sites for hydroxylation is 2. The fourth-order valence-electron chi connectivity index (χ4n) is 3.53. The third-order valence-corrected chi connectivity index (χ3v) is 5.16. The van der Waals surface area contributed by atoms with Gasteiger partial charge in [0.15, 0.2) is 5.65 Å². The molecule has 0 aliphatic carbocycles. The highest BCUT2D eigenvalue weighted by Gasteiger charge is 2.18. The minimum Gasteiger partial charge on any atom is -0.437 e. The first-order chi connectivity index (χ1) is 15.6. The molecule has 0 fully saturated rings. The van der Waals surface area contributed by atoms with Gasteiger partial charge in [0.2, 0.25) is 11.8 Å². The second kappa shape index (κ2) is 8.55. The van der Waals surface area contributed by atoms with Gasteiger partial charge in [0, 0.05) is 23.7 Å². The number of hydrogen-bond donors (Lipinski definition) is 3. The van der Waals surface area contributed by atoms with Crippen molar-refractivity contribution in [2.24, 2.45) is 5.73 Å². The van der Waals surface area contributed by atoms with Crippen LogP contribution in [0.3, 0.4) is 0 Å². The van der Waals surface area contributed by atoms with E-state index in [4.69, 9.17) is 10.5 Å². The number of imidazole rings is 1. The highest BCUT2D eigenvalue weighted by Crippen LogP contribution is 2.30. The molecule has 0 saturated carbocycles. The van der Waals surface area contributed by atoms with Gasteiger partial charge in [-0.1, -0.05) is 18.2 Å². The van der Waals surface area contributed by atoms with Crippen LogP contribution in [0.4, 0.5) is 5.69 Å². The lowest BCUT2D eigenvalue weighted by molar-refractivity contribution is 0.0944. The van der Waals surface area contributed by atoms with E-state index in [2.05, 4.69) is 15.4 Å². The van der Waals surface area contributed by atoms with Crippen LogP contribution in [0.2, 0.25) is 0 Å². The van der Waals surface area contributed by atoms with Crippen molar-refractivity contribution < 1.29 is 14.6 Å². The topological polar surface area (TPSA) is 115 Å². The van der Waals surface area contributed by atoms with Crippen LogP contribution in [-0.4, -0.2) is 37.8 Å². The summed E-state index contributed by atoms with van der Waals surface area (Å²) in [4.78, 5) is 16.2. The zero-order chi connectivity index (χ0) is 23.8. The summed E-state index contributed by atoms with van der Waals surface area (Å²) in [6.45, 7) is 7.59. The second-order valence-corrected chi connectivity index (χ2v) is 8.75. The van der Waals surface area contributed by atoms with Crippen molar-refractivity contribution in [1.29, 1.82) is 0 Å². The highest BCUT2D eigenvalue weighted by atomic mass is 16.5. The maximum absolute atomic E-state index is 11.6. The van der Waals surface area contributed by atoms with Gasteiger partial charge in [-0.15, -0.1) is 5.10 Å². The SMILES string of the molecule is Cc1cccc(Oc2cc(NCC(C)(C)O)c3ncc(-c4ccc(C(N)=O)c(C)c4)n3n2)c1. The van der Waals surface area contributed by atoms with Gasteiger partial charge in [-0.2, -0.15) is 0 Å². The summed E-state index contributed by atoms with van der Waals surface area (Å²) in [5.41, 5.74) is 9.65. The summed E-state index contributed by atoms with van der Waals surface area (Å²) in [6, 6.07) is 14.9. The third kappa shape index (κ3) is 4.96. The Kier molecular flexibility index (Phi) is 5.78. The molecule has 0 atom stereocenters. The molecule has 2 aromatic carbocycles. The van der Waals surface area contributed by atoms with Crippen molar-refractivity contribution in [2.45, 2.75) is 33.3 Å². The van der Waals surface area contributed by atoms with Gasteiger partial charge in [0.05, 0.1) is 23.2 Å². The van der Waals surface area contributed by atoms with Crippen LogP contribution in [0.1, 0.15) is 35.3 Å². The summed E-state index contributed by atoms with van der Waals surface area (Å²) in [7, 11) is 0. The number of nitrogens with zero attached hydrogens (tertiary/aromatic N) is 3. The summed E-state index contributed by atoms with van der Waals surface area (Å²) < 4.78 is 7.74. The van der Waals surface area contributed by atoms with Gasteiger partial charge in [-0.3, -0.25) is 4.79 Å². The number of aliphatic hydroxyl groups is 1. The number of nitrogens with two attached hydrogens (primary N) is 1. The molecule has 4 aromatic rings. The molecule has 0 bridgehead atoms. The Bertz CT molecular complexity index is 1340. The maximum atomic E-state index is 11.6. The van der Waals surface area contributed by atoms with Gasteiger partial charge in [0.1, 0.15) is 5.75 Å². The molecule has 0 radical (unpaired) electrons. The normalized spacial score (nSPS) is 11.5. The van der Waals surface area contributed by atoms with Crippen LogP contribution in [0.5, 0.6) is 11.6 Å². The van der Waals surface area contributed by atoms with Gasteiger partial charge < -0.3 is 20.9 Å². The Morgan fingerprint density at radius 2 is 1.97 bits per heavy atom. The highest BCUT2D eigenvalue weighted by molar-refractivity contribution is 5.94. The van der Waals surface area contributed by atoms with E-state index in [1.54, 1.807) is 36.7 Å². The first-order valence-corrected chi connectivity index (χ1v) is 10.6. The largest absolute Gasteiger partial charge is 0.437 e. The van der Waals surface area contributed by atoms with Crippen LogP contribution in [-0.2, 0) is 0 Å². The van der Waals surface area contributed by atoms with E-state index in [9.17, 15) is 9.90 Å². The summed E-state index contributed by atoms with van der Waals surface area (Å²) in [5.74, 6) is 0.567. The molecule has 8 nitrogen and oxygen atoms in total. The average molecular weight is 446 g/mol. The molecule has 4 N–H and O–H groups in total. The number of hydrogen-bond acceptors (Lipinski definition) is 6. The van der Waals surface area contributed by atoms with Crippen molar-refractivity contribution >= 4 is 17.2 Å². The summed E-state index contributed by atoms with van der Waals surface area (Å²) in [6.07, 6.45) is 1.72. The van der Waals surface area contributed by atoms with E-state index >= 15 is 0 Å². The van der Waals surface area contributed by atoms with Gasteiger partial charge >= 0.3 is 0 Å². The molecule has 4 rings (SSSR count). The summed E-state index contributed by atoms with van der Waals surface area (Å²) >= 11 is 0. The van der Waals surface area contributed by atoms with Crippen molar-refractivity contribution in [3.8, 4) is 22.9 Å². The lowest BCUT2D eigenvalue weighted by Crippen LogP contribution is -2.29. The van der Waals surface area contributed by atoms with Crippen molar-refractivity contribution in [3.63, 3.8) is 0 Å². The van der Waals surface area contributed by atoms with Crippen LogP contribution in [0.15, 0.2) is 54.7 Å². The predicted molar refractivity (Wildman–Crippen MR) is 128 cm³/mol. The number of anilines is 1. The summed E-state index contributed by atoms with van der Waals surface area (Å²) in [5, 5.41) is 18.1. The first kappa shape index (κ1) is 22.3. The smallest absolute Gasteiger partial charge is 0.248 e. The quantitative estimate of drug-likeness (QED) is 0.395. The van der Waals surface area contributed by atoms with E-state index in [0.29, 0.717) is 35.1 Å². The molecule has 0 spiro atoms. The van der Waals surface area contributed by atoms with E-state index in [-0.39, 0.29) is 0 Å². The fourth-order valence-corrected chi connectivity index (χ4v) is 3.53. The zero-order valence-corrected chi connectivity index (χ0v) is 19.1. The number of amides is 1. The number of carbonyl (C=O) groups excluding carboxylic acids is 1. The molecular weight excluding hydrogens is 418 g/mol. The number of fused-ring (bicyclic) bond motifs is 1. The van der Waals surface area contributed by atoms with Gasteiger partial charge in [0.25, 0.3) is 0 Å². The first-order valence-electron chi connectivity index (χ1n) is 10.6. The molecule has 0 saturated heterocycles. The number of nitrogens with one attached hydrogen (secondary N) is 1. The lowest BCUT2D eigenvalue weighted by Gasteiger charge is -2.19. The van der Waals surface area contributed by atoms with Gasteiger partial charge in [-0.25, -0.2) is 9.50 Å². The Morgan fingerprint density at radius 3 is 2.64 bits per heavy atom. The molecule has 33 heavy (non-hydrogen) atoms. The number of rotatable bonds is 7. The number of aromatic nitrogens is 3. The standard InChI is InChI=1S/C25H27N5O3/c1-15-6-5-7-18(10-15)33-22-12-20(28-14-25(3,4)32)24-27-13-21(30(24)29-22)17-8-9-19(23(26)31)16(2)11-17/h5-13,28,32H,14H2,1-4H3,(H2,26,31). The molecule has 0 aliphatic rings.